The lowest BCUT2D eigenvalue weighted by Crippen LogP contribution is -2.13. The van der Waals surface area contributed by atoms with E-state index in [1.54, 1.807) is 24.4 Å². The smallest absolute Gasteiger partial charge is 0.257 e. The van der Waals surface area contributed by atoms with Crippen LogP contribution in [0.2, 0.25) is 0 Å². The van der Waals surface area contributed by atoms with E-state index in [0.717, 1.165) is 5.69 Å². The molecule has 3 rings (SSSR count). The standard InChI is InChI=1S/C18H21N3O4/c1-23-14-8-11(9-15(24-2)17(14)25-3)18(22)21-16-7-6-13(10-19-16)20-12-4-5-12/h6-10,12,20H,4-5H2,1-3H3,(H,19,21,22). The molecule has 132 valence electrons. The number of rotatable bonds is 7. The molecule has 0 spiro atoms. The number of carbonyl (C=O) groups excluding carboxylic acids is 1. The molecule has 0 saturated heterocycles. The van der Waals surface area contributed by atoms with E-state index in [-0.39, 0.29) is 5.91 Å². The number of nitrogens with zero attached hydrogens (tertiary/aromatic N) is 1. The summed E-state index contributed by atoms with van der Waals surface area (Å²) in [5.41, 5.74) is 1.34. The molecule has 7 heteroatoms. The Morgan fingerprint density at radius 3 is 2.24 bits per heavy atom. The van der Waals surface area contributed by atoms with Crippen molar-refractivity contribution >= 4 is 17.4 Å². The lowest BCUT2D eigenvalue weighted by atomic mass is 10.1. The van der Waals surface area contributed by atoms with Crippen LogP contribution < -0.4 is 24.8 Å². The molecule has 1 fully saturated rings. The van der Waals surface area contributed by atoms with Gasteiger partial charge in [-0.25, -0.2) is 4.98 Å². The van der Waals surface area contributed by atoms with E-state index >= 15 is 0 Å². The summed E-state index contributed by atoms with van der Waals surface area (Å²) in [7, 11) is 4.53. The average Bonchev–Trinajstić information content (AvgIpc) is 3.45. The van der Waals surface area contributed by atoms with Crippen molar-refractivity contribution in [2.75, 3.05) is 32.0 Å². The molecule has 1 aromatic carbocycles. The van der Waals surface area contributed by atoms with E-state index in [1.165, 1.54) is 34.2 Å². The Morgan fingerprint density at radius 1 is 1.08 bits per heavy atom. The summed E-state index contributed by atoms with van der Waals surface area (Å²) in [5, 5.41) is 6.11. The predicted molar refractivity (Wildman–Crippen MR) is 94.9 cm³/mol. The van der Waals surface area contributed by atoms with Crippen molar-refractivity contribution in [1.29, 1.82) is 0 Å². The second-order valence-corrected chi connectivity index (χ2v) is 5.72. The predicted octanol–water partition coefficient (Wildman–Crippen LogP) is 2.93. The van der Waals surface area contributed by atoms with E-state index in [0.29, 0.717) is 34.7 Å². The number of pyridine rings is 1. The number of hydrogen-bond acceptors (Lipinski definition) is 6. The molecule has 0 atom stereocenters. The molecule has 1 saturated carbocycles. The van der Waals surface area contributed by atoms with Crippen LogP contribution in [0.25, 0.3) is 0 Å². The van der Waals surface area contributed by atoms with Gasteiger partial charge in [0.1, 0.15) is 5.82 Å². The van der Waals surface area contributed by atoms with Crippen molar-refractivity contribution in [3.63, 3.8) is 0 Å². The molecule has 2 N–H and O–H groups in total. The highest BCUT2D eigenvalue weighted by molar-refractivity contribution is 6.04. The minimum absolute atomic E-state index is 0.311. The van der Waals surface area contributed by atoms with Gasteiger partial charge in [-0.3, -0.25) is 4.79 Å². The van der Waals surface area contributed by atoms with E-state index in [1.807, 2.05) is 6.07 Å². The molecule has 2 aromatic rings. The summed E-state index contributed by atoms with van der Waals surface area (Å²) in [4.78, 5) is 16.8. The van der Waals surface area contributed by atoms with Crippen molar-refractivity contribution in [1.82, 2.24) is 4.98 Å². The largest absolute Gasteiger partial charge is 0.493 e. The summed E-state index contributed by atoms with van der Waals surface area (Å²) >= 11 is 0. The molecule has 7 nitrogen and oxygen atoms in total. The highest BCUT2D eigenvalue weighted by Gasteiger charge is 2.21. The number of hydrogen-bond donors (Lipinski definition) is 2. The fourth-order valence-electron chi connectivity index (χ4n) is 2.42. The Bertz CT molecular complexity index is 732. The van der Waals surface area contributed by atoms with Crippen LogP contribution >= 0.6 is 0 Å². The fraction of sp³-hybridized carbons (Fsp3) is 0.333. The molecular formula is C18H21N3O4. The van der Waals surface area contributed by atoms with Gasteiger partial charge >= 0.3 is 0 Å². The number of anilines is 2. The number of benzene rings is 1. The number of amides is 1. The second-order valence-electron chi connectivity index (χ2n) is 5.72. The zero-order valence-electron chi connectivity index (χ0n) is 14.5. The summed E-state index contributed by atoms with van der Waals surface area (Å²) < 4.78 is 15.8. The number of carbonyl (C=O) groups is 1. The van der Waals surface area contributed by atoms with Crippen LogP contribution in [0.1, 0.15) is 23.2 Å². The van der Waals surface area contributed by atoms with E-state index < -0.39 is 0 Å². The van der Waals surface area contributed by atoms with Crippen molar-refractivity contribution < 1.29 is 19.0 Å². The third kappa shape index (κ3) is 3.93. The third-order valence-electron chi connectivity index (χ3n) is 3.88. The van der Waals surface area contributed by atoms with Gasteiger partial charge in [-0.15, -0.1) is 0 Å². The maximum absolute atomic E-state index is 12.5. The van der Waals surface area contributed by atoms with Crippen molar-refractivity contribution in [3.05, 3.63) is 36.0 Å². The lowest BCUT2D eigenvalue weighted by Gasteiger charge is -2.14. The first-order valence-corrected chi connectivity index (χ1v) is 7.98. The Kier molecular flexibility index (Phi) is 4.92. The van der Waals surface area contributed by atoms with E-state index in [4.69, 9.17) is 14.2 Å². The second kappa shape index (κ2) is 7.29. The van der Waals surface area contributed by atoms with E-state index in [2.05, 4.69) is 15.6 Å². The highest BCUT2D eigenvalue weighted by atomic mass is 16.5. The number of aromatic nitrogens is 1. The molecule has 1 heterocycles. The molecular weight excluding hydrogens is 322 g/mol. The minimum Gasteiger partial charge on any atom is -0.493 e. The quantitative estimate of drug-likeness (QED) is 0.804. The molecule has 0 unspecified atom stereocenters. The average molecular weight is 343 g/mol. The topological polar surface area (TPSA) is 81.7 Å². The highest BCUT2D eigenvalue weighted by Crippen LogP contribution is 2.38. The zero-order chi connectivity index (χ0) is 17.8. The van der Waals surface area contributed by atoms with Crippen LogP contribution in [0.15, 0.2) is 30.5 Å². The number of nitrogens with one attached hydrogen (secondary N) is 2. The van der Waals surface area contributed by atoms with Gasteiger partial charge in [0, 0.05) is 11.6 Å². The minimum atomic E-state index is -0.311. The Morgan fingerprint density at radius 2 is 1.76 bits per heavy atom. The molecule has 1 aromatic heterocycles. The summed E-state index contributed by atoms with van der Waals surface area (Å²) in [5.74, 6) is 1.44. The van der Waals surface area contributed by atoms with Crippen LogP contribution in [-0.2, 0) is 0 Å². The molecule has 1 aliphatic rings. The normalized spacial score (nSPS) is 13.1. The maximum atomic E-state index is 12.5. The maximum Gasteiger partial charge on any atom is 0.257 e. The Hall–Kier alpha value is -2.96. The van der Waals surface area contributed by atoms with Crippen molar-refractivity contribution in [2.24, 2.45) is 0 Å². The summed E-state index contributed by atoms with van der Waals surface area (Å²) in [6, 6.07) is 7.41. The van der Waals surface area contributed by atoms with Gasteiger partial charge in [-0.1, -0.05) is 0 Å². The Labute approximate surface area is 146 Å². The molecule has 0 radical (unpaired) electrons. The SMILES string of the molecule is COc1cc(C(=O)Nc2ccc(NC3CC3)cn2)cc(OC)c1OC. The first-order valence-electron chi connectivity index (χ1n) is 7.98. The molecule has 0 aliphatic heterocycles. The number of ether oxygens (including phenoxy) is 3. The summed E-state index contributed by atoms with van der Waals surface area (Å²) in [6.07, 6.45) is 4.10. The van der Waals surface area contributed by atoms with Crippen molar-refractivity contribution in [3.8, 4) is 17.2 Å². The van der Waals surface area contributed by atoms with Crippen LogP contribution in [0, 0.1) is 0 Å². The zero-order valence-corrected chi connectivity index (χ0v) is 14.5. The molecule has 1 amide bonds. The number of methoxy groups -OCH3 is 3. The first-order chi connectivity index (χ1) is 12.1. The molecule has 25 heavy (non-hydrogen) atoms. The fourth-order valence-corrected chi connectivity index (χ4v) is 2.42. The van der Waals surface area contributed by atoms with Gasteiger partial charge in [0.2, 0.25) is 5.75 Å². The molecule has 0 bridgehead atoms. The first kappa shape index (κ1) is 16.9. The van der Waals surface area contributed by atoms with Gasteiger partial charge in [-0.2, -0.15) is 0 Å². The van der Waals surface area contributed by atoms with Crippen LogP contribution in [0.5, 0.6) is 17.2 Å². The monoisotopic (exact) mass is 343 g/mol. The van der Waals surface area contributed by atoms with Gasteiger partial charge in [-0.05, 0) is 37.1 Å². The third-order valence-corrected chi connectivity index (χ3v) is 3.88. The van der Waals surface area contributed by atoms with Gasteiger partial charge in [0.15, 0.2) is 11.5 Å². The van der Waals surface area contributed by atoms with Crippen LogP contribution in [-0.4, -0.2) is 38.3 Å². The van der Waals surface area contributed by atoms with Crippen LogP contribution in [0.3, 0.4) is 0 Å². The van der Waals surface area contributed by atoms with Gasteiger partial charge < -0.3 is 24.8 Å². The Balaban J connectivity index is 1.75. The van der Waals surface area contributed by atoms with Gasteiger partial charge in [0.05, 0.1) is 33.2 Å². The summed E-state index contributed by atoms with van der Waals surface area (Å²) in [6.45, 7) is 0. The molecule has 1 aliphatic carbocycles. The van der Waals surface area contributed by atoms with Gasteiger partial charge in [0.25, 0.3) is 5.91 Å². The van der Waals surface area contributed by atoms with Crippen LogP contribution in [0.4, 0.5) is 11.5 Å². The van der Waals surface area contributed by atoms with Crippen molar-refractivity contribution in [2.45, 2.75) is 18.9 Å². The lowest BCUT2D eigenvalue weighted by molar-refractivity contribution is 0.102. The van der Waals surface area contributed by atoms with E-state index in [9.17, 15) is 4.79 Å².